The third-order valence-electron chi connectivity index (χ3n) is 2.44. The van der Waals surface area contributed by atoms with Crippen LogP contribution in [0.15, 0.2) is 24.8 Å². The van der Waals surface area contributed by atoms with E-state index in [9.17, 15) is 0 Å². The van der Waals surface area contributed by atoms with Crippen molar-refractivity contribution < 1.29 is 0 Å². The summed E-state index contributed by atoms with van der Waals surface area (Å²) in [6, 6.07) is 1.71. The van der Waals surface area contributed by atoms with E-state index in [-0.39, 0.29) is 0 Å². The van der Waals surface area contributed by atoms with E-state index in [0.29, 0.717) is 17.5 Å². The van der Waals surface area contributed by atoms with E-state index in [1.165, 1.54) is 6.33 Å². The van der Waals surface area contributed by atoms with Gasteiger partial charge in [-0.3, -0.25) is 0 Å². The molecule has 0 atom stereocenters. The number of nitrogens with one attached hydrogen (secondary N) is 2. The van der Waals surface area contributed by atoms with Gasteiger partial charge in [-0.25, -0.2) is 4.98 Å². The Morgan fingerprint density at radius 1 is 1.39 bits per heavy atom. The summed E-state index contributed by atoms with van der Waals surface area (Å²) in [6.45, 7) is 0.711. The molecule has 0 aliphatic carbocycles. The van der Waals surface area contributed by atoms with Crippen molar-refractivity contribution in [3.05, 3.63) is 35.8 Å². The van der Waals surface area contributed by atoms with E-state index in [1.807, 2.05) is 0 Å². The van der Waals surface area contributed by atoms with Gasteiger partial charge >= 0.3 is 0 Å². The maximum atomic E-state index is 5.91. The van der Waals surface area contributed by atoms with Crippen LogP contribution in [-0.4, -0.2) is 36.1 Å². The molecule has 0 spiro atoms. The molecule has 18 heavy (non-hydrogen) atoms. The lowest BCUT2D eigenvalue weighted by Gasteiger charge is -2.06. The van der Waals surface area contributed by atoms with E-state index in [4.69, 9.17) is 11.6 Å². The number of rotatable bonds is 4. The Kier molecular flexibility index (Phi) is 2.81. The van der Waals surface area contributed by atoms with Crippen LogP contribution < -0.4 is 5.32 Å². The molecule has 7 nitrogen and oxygen atoms in total. The standard InChI is InChI=1S/C10H10ClN7/c11-7-5-9(18-10(17-7)15-6-16-18)14-2-1-8-12-3-4-13-8/h3-6,14H,1-2H2,(H,12,13). The zero-order valence-electron chi connectivity index (χ0n) is 9.34. The minimum atomic E-state index is 0.385. The Balaban J connectivity index is 1.75. The van der Waals surface area contributed by atoms with Crippen LogP contribution >= 0.6 is 11.6 Å². The summed E-state index contributed by atoms with van der Waals surface area (Å²) in [5, 5.41) is 7.69. The van der Waals surface area contributed by atoms with Crippen molar-refractivity contribution in [1.29, 1.82) is 0 Å². The normalized spacial score (nSPS) is 10.9. The molecule has 3 aromatic heterocycles. The van der Waals surface area contributed by atoms with Crippen molar-refractivity contribution in [3.63, 3.8) is 0 Å². The summed E-state index contributed by atoms with van der Waals surface area (Å²) >= 11 is 5.91. The molecule has 3 rings (SSSR count). The highest BCUT2D eigenvalue weighted by Gasteiger charge is 2.05. The van der Waals surface area contributed by atoms with Crippen LogP contribution in [0.25, 0.3) is 5.78 Å². The molecular formula is C10H10ClN7. The van der Waals surface area contributed by atoms with Crippen LogP contribution in [0.3, 0.4) is 0 Å². The summed E-state index contributed by atoms with van der Waals surface area (Å²) in [5.41, 5.74) is 0. The summed E-state index contributed by atoms with van der Waals surface area (Å²) < 4.78 is 1.61. The molecule has 0 aliphatic heterocycles. The minimum Gasteiger partial charge on any atom is -0.369 e. The number of imidazole rings is 1. The number of hydrogen-bond donors (Lipinski definition) is 2. The average Bonchev–Trinajstić information content (AvgIpc) is 2.98. The van der Waals surface area contributed by atoms with Gasteiger partial charge in [0.15, 0.2) is 0 Å². The van der Waals surface area contributed by atoms with Crippen molar-refractivity contribution in [1.82, 2.24) is 29.5 Å². The van der Waals surface area contributed by atoms with E-state index in [1.54, 1.807) is 23.0 Å². The Bertz CT molecular complexity index is 645. The van der Waals surface area contributed by atoms with Crippen LogP contribution in [0.5, 0.6) is 0 Å². The first-order chi connectivity index (χ1) is 8.83. The smallest absolute Gasteiger partial charge is 0.255 e. The Morgan fingerprint density at radius 2 is 2.33 bits per heavy atom. The predicted octanol–water partition coefficient (Wildman–Crippen LogP) is 1.16. The van der Waals surface area contributed by atoms with Gasteiger partial charge in [0.25, 0.3) is 5.78 Å². The third-order valence-corrected chi connectivity index (χ3v) is 2.64. The molecular weight excluding hydrogens is 254 g/mol. The van der Waals surface area contributed by atoms with Gasteiger partial charge in [-0.15, -0.1) is 0 Å². The number of hydrogen-bond acceptors (Lipinski definition) is 5. The number of aromatic nitrogens is 6. The van der Waals surface area contributed by atoms with Crippen molar-refractivity contribution in [2.75, 3.05) is 11.9 Å². The fourth-order valence-corrected chi connectivity index (χ4v) is 1.83. The highest BCUT2D eigenvalue weighted by atomic mass is 35.5. The van der Waals surface area contributed by atoms with Crippen LogP contribution in [0.2, 0.25) is 5.15 Å². The van der Waals surface area contributed by atoms with Crippen molar-refractivity contribution in [3.8, 4) is 0 Å². The highest BCUT2D eigenvalue weighted by molar-refractivity contribution is 6.29. The average molecular weight is 264 g/mol. The Hall–Kier alpha value is -2.15. The Morgan fingerprint density at radius 3 is 3.17 bits per heavy atom. The molecule has 8 heteroatoms. The van der Waals surface area contributed by atoms with Gasteiger partial charge in [0.1, 0.15) is 23.1 Å². The van der Waals surface area contributed by atoms with Crippen LogP contribution in [-0.2, 0) is 6.42 Å². The fraction of sp³-hybridized carbons (Fsp3) is 0.200. The molecule has 3 heterocycles. The molecule has 0 aliphatic rings. The summed E-state index contributed by atoms with van der Waals surface area (Å²) in [5.74, 6) is 2.16. The first-order valence-corrected chi connectivity index (χ1v) is 5.79. The summed E-state index contributed by atoms with van der Waals surface area (Å²) in [4.78, 5) is 15.2. The molecule has 0 unspecified atom stereocenters. The fourth-order valence-electron chi connectivity index (χ4n) is 1.65. The number of fused-ring (bicyclic) bond motifs is 1. The lowest BCUT2D eigenvalue weighted by Crippen LogP contribution is -2.10. The number of halogens is 1. The molecule has 0 amide bonds. The van der Waals surface area contributed by atoms with Crippen molar-refractivity contribution >= 4 is 23.2 Å². The van der Waals surface area contributed by atoms with Crippen molar-refractivity contribution in [2.45, 2.75) is 6.42 Å². The Labute approximate surface area is 107 Å². The first-order valence-electron chi connectivity index (χ1n) is 5.41. The SMILES string of the molecule is Clc1cc(NCCc2ncc[nH]2)n2ncnc2n1. The molecule has 0 saturated carbocycles. The maximum absolute atomic E-state index is 5.91. The maximum Gasteiger partial charge on any atom is 0.255 e. The van der Waals surface area contributed by atoms with Gasteiger partial charge in [-0.05, 0) is 0 Å². The van der Waals surface area contributed by atoms with Gasteiger partial charge in [0.2, 0.25) is 0 Å². The molecule has 0 bridgehead atoms. The number of nitrogens with zero attached hydrogens (tertiary/aromatic N) is 5. The molecule has 0 radical (unpaired) electrons. The molecule has 0 aromatic carbocycles. The molecule has 2 N–H and O–H groups in total. The molecule has 92 valence electrons. The van der Waals surface area contributed by atoms with Gasteiger partial charge in [0.05, 0.1) is 0 Å². The van der Waals surface area contributed by atoms with Gasteiger partial charge < -0.3 is 10.3 Å². The summed E-state index contributed by atoms with van der Waals surface area (Å²) in [7, 11) is 0. The second-order valence-electron chi connectivity index (χ2n) is 3.65. The largest absolute Gasteiger partial charge is 0.369 e. The monoisotopic (exact) mass is 263 g/mol. The van der Waals surface area contributed by atoms with Crippen LogP contribution in [0.1, 0.15) is 5.82 Å². The second-order valence-corrected chi connectivity index (χ2v) is 4.04. The van der Waals surface area contributed by atoms with Gasteiger partial charge in [-0.2, -0.15) is 19.6 Å². The molecule has 3 aromatic rings. The van der Waals surface area contributed by atoms with E-state index in [2.05, 4.69) is 30.4 Å². The first kappa shape index (κ1) is 11.0. The molecule has 0 saturated heterocycles. The van der Waals surface area contributed by atoms with Gasteiger partial charge in [-0.1, -0.05) is 11.6 Å². The lowest BCUT2D eigenvalue weighted by molar-refractivity contribution is 0.887. The zero-order valence-corrected chi connectivity index (χ0v) is 10.1. The van der Waals surface area contributed by atoms with E-state index < -0.39 is 0 Å². The zero-order chi connectivity index (χ0) is 12.4. The van der Waals surface area contributed by atoms with Crippen LogP contribution in [0.4, 0.5) is 5.82 Å². The second kappa shape index (κ2) is 4.61. The van der Waals surface area contributed by atoms with Crippen molar-refractivity contribution in [2.24, 2.45) is 0 Å². The molecule has 0 fully saturated rings. The summed E-state index contributed by atoms with van der Waals surface area (Å²) in [6.07, 6.45) is 5.75. The third kappa shape index (κ3) is 2.12. The van der Waals surface area contributed by atoms with E-state index >= 15 is 0 Å². The highest BCUT2D eigenvalue weighted by Crippen LogP contribution is 2.14. The van der Waals surface area contributed by atoms with Crippen LogP contribution in [0, 0.1) is 0 Å². The van der Waals surface area contributed by atoms with E-state index in [0.717, 1.165) is 18.1 Å². The van der Waals surface area contributed by atoms with Gasteiger partial charge in [0, 0.05) is 31.4 Å². The number of aromatic amines is 1. The lowest BCUT2D eigenvalue weighted by atomic mass is 10.4. The predicted molar refractivity (Wildman–Crippen MR) is 66.6 cm³/mol. The quantitative estimate of drug-likeness (QED) is 0.690. The minimum absolute atomic E-state index is 0.385. The number of H-pyrrole nitrogens is 1. The topological polar surface area (TPSA) is 83.8 Å². The number of anilines is 1.